The molecule has 3 aromatic carbocycles. The predicted molar refractivity (Wildman–Crippen MR) is 107 cm³/mol. The minimum absolute atomic E-state index is 0.120. The fraction of sp³-hybridized carbons (Fsp3) is 0.0870. The Labute approximate surface area is 178 Å². The molecule has 160 valence electrons. The zero-order valence-corrected chi connectivity index (χ0v) is 16.2. The summed E-state index contributed by atoms with van der Waals surface area (Å²) in [4.78, 5) is 14.7. The van der Waals surface area contributed by atoms with Crippen molar-refractivity contribution >= 4 is 11.6 Å². The van der Waals surface area contributed by atoms with E-state index in [1.54, 1.807) is 36.4 Å². The third-order valence-electron chi connectivity index (χ3n) is 5.16. The molecule has 0 fully saturated rings. The molecular weight excluding hydrogens is 426 g/mol. The van der Waals surface area contributed by atoms with Gasteiger partial charge in [-0.1, -0.05) is 24.3 Å². The minimum Gasteiger partial charge on any atom is -0.415 e. The average Bonchev–Trinajstić information content (AvgIpc) is 3.38. The zero-order valence-electron chi connectivity index (χ0n) is 16.2. The third kappa shape index (κ3) is 3.41. The van der Waals surface area contributed by atoms with E-state index in [0.29, 0.717) is 33.5 Å². The van der Waals surface area contributed by atoms with Crippen LogP contribution < -0.4 is 4.90 Å². The van der Waals surface area contributed by atoms with E-state index in [1.165, 1.54) is 23.1 Å². The van der Waals surface area contributed by atoms with Gasteiger partial charge < -0.3 is 9.32 Å². The molecule has 32 heavy (non-hydrogen) atoms. The quantitative estimate of drug-likeness (QED) is 0.378. The van der Waals surface area contributed by atoms with Gasteiger partial charge in [0.1, 0.15) is 11.6 Å². The Bertz CT molecular complexity index is 1330. The number of carbonyl (C=O) groups is 1. The van der Waals surface area contributed by atoms with Gasteiger partial charge in [-0.05, 0) is 41.5 Å². The Morgan fingerprint density at radius 2 is 1.62 bits per heavy atom. The van der Waals surface area contributed by atoms with Crippen molar-refractivity contribution in [1.29, 1.82) is 0 Å². The number of fused-ring (bicyclic) bond motifs is 1. The lowest BCUT2D eigenvalue weighted by atomic mass is 10.0. The lowest BCUT2D eigenvalue weighted by Crippen LogP contribution is -2.23. The number of carbonyl (C=O) groups excluding carboxylic acids is 1. The van der Waals surface area contributed by atoms with Crippen LogP contribution in [-0.2, 0) is 6.54 Å². The maximum absolute atomic E-state index is 13.8. The second kappa shape index (κ2) is 7.60. The molecule has 0 aliphatic carbocycles. The van der Waals surface area contributed by atoms with Crippen LogP contribution in [0.3, 0.4) is 0 Å². The number of hydrogen-bond acceptors (Lipinski definition) is 4. The Balaban J connectivity index is 1.52. The second-order valence-electron chi connectivity index (χ2n) is 7.18. The van der Waals surface area contributed by atoms with Crippen LogP contribution in [0.4, 0.5) is 23.2 Å². The molecule has 0 spiro atoms. The summed E-state index contributed by atoms with van der Waals surface area (Å²) in [6.45, 7) is 0.232. The number of rotatable bonds is 4. The molecule has 5 nitrogen and oxygen atoms in total. The summed E-state index contributed by atoms with van der Waals surface area (Å²) in [5.41, 5.74) is 2.66. The molecule has 1 aliphatic rings. The molecule has 0 N–H and O–H groups in total. The highest BCUT2D eigenvalue weighted by Crippen LogP contribution is 2.37. The number of amides is 1. The standard InChI is InChI=1S/C23H13F4N3O2/c24-15-7-14(8-16(25)10-15)17-3-1-2-4-19(17)30-11-13-6-5-12(9-18(13)23(30)31)21-28-29-22(32-21)20(26)27/h1-10,20H,11H2. The van der Waals surface area contributed by atoms with Crippen molar-refractivity contribution in [3.8, 4) is 22.6 Å². The van der Waals surface area contributed by atoms with Crippen molar-refractivity contribution < 1.29 is 26.8 Å². The highest BCUT2D eigenvalue weighted by atomic mass is 19.3. The average molecular weight is 439 g/mol. The van der Waals surface area contributed by atoms with Gasteiger partial charge in [0.15, 0.2) is 0 Å². The maximum Gasteiger partial charge on any atom is 0.314 e. The van der Waals surface area contributed by atoms with Gasteiger partial charge in [-0.2, -0.15) is 8.78 Å². The highest BCUT2D eigenvalue weighted by Gasteiger charge is 2.31. The molecule has 0 bridgehead atoms. The zero-order chi connectivity index (χ0) is 22.4. The Morgan fingerprint density at radius 3 is 2.34 bits per heavy atom. The van der Waals surface area contributed by atoms with E-state index in [4.69, 9.17) is 4.42 Å². The molecule has 1 aromatic heterocycles. The van der Waals surface area contributed by atoms with Crippen LogP contribution in [0.15, 0.2) is 65.1 Å². The first-order chi connectivity index (χ1) is 15.4. The van der Waals surface area contributed by atoms with Gasteiger partial charge in [0.2, 0.25) is 5.89 Å². The van der Waals surface area contributed by atoms with Crippen molar-refractivity contribution in [2.75, 3.05) is 4.90 Å². The second-order valence-corrected chi connectivity index (χ2v) is 7.18. The Hall–Kier alpha value is -4.01. The first kappa shape index (κ1) is 19.9. The fourth-order valence-corrected chi connectivity index (χ4v) is 3.73. The van der Waals surface area contributed by atoms with Gasteiger partial charge >= 0.3 is 6.43 Å². The normalized spacial score (nSPS) is 13.2. The number of alkyl halides is 2. The molecule has 5 rings (SSSR count). The number of hydrogen-bond donors (Lipinski definition) is 0. The number of para-hydroxylation sites is 1. The summed E-state index contributed by atoms with van der Waals surface area (Å²) in [6, 6.07) is 14.8. The molecule has 4 aromatic rings. The van der Waals surface area contributed by atoms with Crippen molar-refractivity contribution in [1.82, 2.24) is 10.2 Å². The Kier molecular flexibility index (Phi) is 4.73. The van der Waals surface area contributed by atoms with Crippen molar-refractivity contribution in [3.05, 3.63) is 89.3 Å². The van der Waals surface area contributed by atoms with Crippen LogP contribution in [0.25, 0.3) is 22.6 Å². The molecule has 0 unspecified atom stereocenters. The monoisotopic (exact) mass is 439 g/mol. The van der Waals surface area contributed by atoms with Crippen LogP contribution >= 0.6 is 0 Å². The van der Waals surface area contributed by atoms with E-state index in [1.807, 2.05) is 0 Å². The summed E-state index contributed by atoms with van der Waals surface area (Å²) in [7, 11) is 0. The van der Waals surface area contributed by atoms with E-state index >= 15 is 0 Å². The lowest BCUT2D eigenvalue weighted by molar-refractivity contribution is 0.0996. The summed E-state index contributed by atoms with van der Waals surface area (Å²) in [5, 5.41) is 6.92. The molecule has 2 heterocycles. The van der Waals surface area contributed by atoms with Gasteiger partial charge in [0, 0.05) is 22.8 Å². The van der Waals surface area contributed by atoms with Crippen LogP contribution in [0.2, 0.25) is 0 Å². The number of halogens is 4. The number of aromatic nitrogens is 2. The number of nitrogens with zero attached hydrogens (tertiary/aromatic N) is 3. The molecule has 1 aliphatic heterocycles. The molecule has 9 heteroatoms. The van der Waals surface area contributed by atoms with E-state index < -0.39 is 24.0 Å². The van der Waals surface area contributed by atoms with Crippen LogP contribution in [0.1, 0.15) is 28.2 Å². The number of benzene rings is 3. The molecule has 0 radical (unpaired) electrons. The van der Waals surface area contributed by atoms with Crippen LogP contribution in [0.5, 0.6) is 0 Å². The van der Waals surface area contributed by atoms with Gasteiger partial charge in [0.05, 0.1) is 12.2 Å². The molecule has 1 amide bonds. The van der Waals surface area contributed by atoms with E-state index in [2.05, 4.69) is 10.2 Å². The first-order valence-corrected chi connectivity index (χ1v) is 9.53. The van der Waals surface area contributed by atoms with Gasteiger partial charge in [0.25, 0.3) is 11.8 Å². The summed E-state index contributed by atoms with van der Waals surface area (Å²) in [5.74, 6) is -2.72. The van der Waals surface area contributed by atoms with E-state index in [0.717, 1.165) is 6.07 Å². The van der Waals surface area contributed by atoms with Gasteiger partial charge in [-0.15, -0.1) is 10.2 Å². The van der Waals surface area contributed by atoms with Crippen LogP contribution in [0, 0.1) is 11.6 Å². The van der Waals surface area contributed by atoms with E-state index in [-0.39, 0.29) is 18.3 Å². The first-order valence-electron chi connectivity index (χ1n) is 9.53. The fourth-order valence-electron chi connectivity index (χ4n) is 3.73. The minimum atomic E-state index is -2.90. The molecule has 0 atom stereocenters. The predicted octanol–water partition coefficient (Wildman–Crippen LogP) is 5.78. The summed E-state index contributed by atoms with van der Waals surface area (Å²) < 4.78 is 58.0. The van der Waals surface area contributed by atoms with Crippen molar-refractivity contribution in [3.63, 3.8) is 0 Å². The lowest BCUT2D eigenvalue weighted by Gasteiger charge is -2.20. The summed E-state index contributed by atoms with van der Waals surface area (Å²) in [6.07, 6.45) is -2.90. The van der Waals surface area contributed by atoms with Crippen molar-refractivity contribution in [2.24, 2.45) is 0 Å². The van der Waals surface area contributed by atoms with Gasteiger partial charge in [-0.25, -0.2) is 8.78 Å². The van der Waals surface area contributed by atoms with Gasteiger partial charge in [-0.3, -0.25) is 4.79 Å². The molecular formula is C23H13F4N3O2. The molecule has 0 saturated carbocycles. The topological polar surface area (TPSA) is 59.2 Å². The smallest absolute Gasteiger partial charge is 0.314 e. The largest absolute Gasteiger partial charge is 0.415 e. The molecule has 0 saturated heterocycles. The highest BCUT2D eigenvalue weighted by molar-refractivity contribution is 6.12. The maximum atomic E-state index is 13.8. The number of anilines is 1. The van der Waals surface area contributed by atoms with Crippen LogP contribution in [-0.4, -0.2) is 16.1 Å². The Morgan fingerprint density at radius 1 is 0.875 bits per heavy atom. The van der Waals surface area contributed by atoms with Crippen molar-refractivity contribution in [2.45, 2.75) is 13.0 Å². The third-order valence-corrected chi connectivity index (χ3v) is 5.16. The SMILES string of the molecule is O=C1c2cc(-c3nnc(C(F)F)o3)ccc2CN1c1ccccc1-c1cc(F)cc(F)c1. The van der Waals surface area contributed by atoms with E-state index in [9.17, 15) is 22.4 Å². The summed E-state index contributed by atoms with van der Waals surface area (Å²) >= 11 is 0.